The minimum absolute atomic E-state index is 0.0278. The fraction of sp³-hybridized carbons (Fsp3) is 0.391. The lowest BCUT2D eigenvalue weighted by atomic mass is 10.1. The lowest BCUT2D eigenvalue weighted by Gasteiger charge is -2.17. The molecule has 1 unspecified atom stereocenters. The van der Waals surface area contributed by atoms with Crippen LogP contribution in [0.25, 0.3) is 0 Å². The molecule has 1 atom stereocenters. The Hall–Kier alpha value is -2.82. The molecule has 1 fully saturated rings. The van der Waals surface area contributed by atoms with Gasteiger partial charge in [-0.1, -0.05) is 24.3 Å². The van der Waals surface area contributed by atoms with E-state index in [0.717, 1.165) is 35.5 Å². The molecule has 0 saturated carbocycles. The Labute approximate surface area is 166 Å². The monoisotopic (exact) mass is 380 g/mol. The van der Waals surface area contributed by atoms with Crippen molar-refractivity contribution in [1.29, 1.82) is 0 Å². The molecule has 3 rings (SSSR count). The number of nitrogens with zero attached hydrogens (tertiary/aromatic N) is 1. The minimum Gasteiger partial charge on any atom is -0.491 e. The summed E-state index contributed by atoms with van der Waals surface area (Å²) in [6.45, 7) is 6.73. The number of carbonyl (C=O) groups is 2. The van der Waals surface area contributed by atoms with Crippen molar-refractivity contribution in [3.63, 3.8) is 0 Å². The molecule has 28 heavy (non-hydrogen) atoms. The van der Waals surface area contributed by atoms with Crippen LogP contribution in [0.1, 0.15) is 50.8 Å². The number of ether oxygens (including phenoxy) is 1. The van der Waals surface area contributed by atoms with Gasteiger partial charge in [-0.05, 0) is 62.6 Å². The van der Waals surface area contributed by atoms with Crippen LogP contribution in [-0.4, -0.2) is 24.5 Å². The van der Waals surface area contributed by atoms with Gasteiger partial charge in [-0.2, -0.15) is 0 Å². The third-order valence-corrected chi connectivity index (χ3v) is 4.82. The topological polar surface area (TPSA) is 58.6 Å². The molecule has 0 aliphatic carbocycles. The van der Waals surface area contributed by atoms with Crippen molar-refractivity contribution in [1.82, 2.24) is 5.32 Å². The summed E-state index contributed by atoms with van der Waals surface area (Å²) >= 11 is 0. The number of hydrogen-bond donors (Lipinski definition) is 1. The van der Waals surface area contributed by atoms with E-state index in [4.69, 9.17) is 4.74 Å². The van der Waals surface area contributed by atoms with E-state index in [2.05, 4.69) is 5.32 Å². The second-order valence-corrected chi connectivity index (χ2v) is 7.52. The molecule has 1 saturated heterocycles. The molecule has 0 bridgehead atoms. The molecule has 1 heterocycles. The van der Waals surface area contributed by atoms with Gasteiger partial charge in [-0.25, -0.2) is 0 Å². The second-order valence-electron chi connectivity index (χ2n) is 7.52. The van der Waals surface area contributed by atoms with Crippen molar-refractivity contribution in [3.05, 3.63) is 59.7 Å². The second kappa shape index (κ2) is 8.91. The molecule has 148 valence electrons. The summed E-state index contributed by atoms with van der Waals surface area (Å²) in [4.78, 5) is 26.0. The van der Waals surface area contributed by atoms with Crippen molar-refractivity contribution >= 4 is 17.5 Å². The van der Waals surface area contributed by atoms with Crippen molar-refractivity contribution in [2.24, 2.45) is 0 Å². The average Bonchev–Trinajstić information content (AvgIpc) is 3.08. The normalized spacial score (nSPS) is 15.0. The third kappa shape index (κ3) is 5.12. The fourth-order valence-corrected chi connectivity index (χ4v) is 3.38. The number of benzene rings is 2. The van der Waals surface area contributed by atoms with Crippen LogP contribution >= 0.6 is 0 Å². The molecule has 1 aliphatic heterocycles. The summed E-state index contributed by atoms with van der Waals surface area (Å²) in [5.41, 5.74) is 2.87. The van der Waals surface area contributed by atoms with Gasteiger partial charge in [-0.3, -0.25) is 9.59 Å². The van der Waals surface area contributed by atoms with Crippen LogP contribution in [0.15, 0.2) is 48.5 Å². The lowest BCUT2D eigenvalue weighted by molar-refractivity contribution is -0.121. The van der Waals surface area contributed by atoms with Gasteiger partial charge in [0.2, 0.25) is 11.8 Å². The lowest BCUT2D eigenvalue weighted by Crippen LogP contribution is -2.28. The molecular formula is C23H28N2O3. The molecule has 2 aromatic rings. The van der Waals surface area contributed by atoms with Crippen LogP contribution in [0.5, 0.6) is 5.75 Å². The van der Waals surface area contributed by atoms with E-state index in [1.54, 1.807) is 4.90 Å². The van der Waals surface area contributed by atoms with E-state index in [0.29, 0.717) is 12.8 Å². The summed E-state index contributed by atoms with van der Waals surface area (Å²) < 4.78 is 5.65. The Morgan fingerprint density at radius 2 is 1.75 bits per heavy atom. The molecular weight excluding hydrogens is 352 g/mol. The van der Waals surface area contributed by atoms with Crippen molar-refractivity contribution < 1.29 is 14.3 Å². The largest absolute Gasteiger partial charge is 0.491 e. The van der Waals surface area contributed by atoms with Gasteiger partial charge in [0.25, 0.3) is 0 Å². The van der Waals surface area contributed by atoms with E-state index in [-0.39, 0.29) is 24.0 Å². The maximum absolute atomic E-state index is 12.4. The van der Waals surface area contributed by atoms with Crippen LogP contribution in [0.4, 0.5) is 5.69 Å². The van der Waals surface area contributed by atoms with Crippen LogP contribution in [-0.2, 0) is 16.0 Å². The first-order valence-electron chi connectivity index (χ1n) is 9.87. The van der Waals surface area contributed by atoms with E-state index in [1.807, 2.05) is 69.3 Å². The summed E-state index contributed by atoms with van der Waals surface area (Å²) in [6.07, 6.45) is 1.98. The first-order chi connectivity index (χ1) is 13.4. The number of amides is 2. The minimum atomic E-state index is -0.0814. The number of nitrogens with one attached hydrogen (secondary N) is 1. The highest BCUT2D eigenvalue weighted by molar-refractivity contribution is 5.95. The van der Waals surface area contributed by atoms with Crippen LogP contribution in [0.3, 0.4) is 0 Å². The predicted octanol–water partition coefficient (Wildman–Crippen LogP) is 4.02. The van der Waals surface area contributed by atoms with Gasteiger partial charge in [0.1, 0.15) is 5.75 Å². The van der Waals surface area contributed by atoms with Gasteiger partial charge in [0.05, 0.1) is 18.6 Å². The zero-order valence-electron chi connectivity index (χ0n) is 16.8. The van der Waals surface area contributed by atoms with Gasteiger partial charge in [0, 0.05) is 18.7 Å². The van der Waals surface area contributed by atoms with Gasteiger partial charge < -0.3 is 15.0 Å². The average molecular weight is 380 g/mol. The number of anilines is 1. The molecule has 0 aromatic heterocycles. The maximum atomic E-state index is 12.4. The van der Waals surface area contributed by atoms with Crippen LogP contribution in [0, 0.1) is 0 Å². The number of hydrogen-bond acceptors (Lipinski definition) is 3. The maximum Gasteiger partial charge on any atom is 0.227 e. The van der Waals surface area contributed by atoms with E-state index >= 15 is 0 Å². The molecule has 5 heteroatoms. The zero-order valence-corrected chi connectivity index (χ0v) is 16.8. The van der Waals surface area contributed by atoms with Crippen molar-refractivity contribution in [2.75, 3.05) is 11.4 Å². The Balaban J connectivity index is 1.54. The van der Waals surface area contributed by atoms with Gasteiger partial charge in [0.15, 0.2) is 0 Å². The van der Waals surface area contributed by atoms with Crippen LogP contribution in [0.2, 0.25) is 0 Å². The van der Waals surface area contributed by atoms with Crippen LogP contribution < -0.4 is 15.0 Å². The highest BCUT2D eigenvalue weighted by atomic mass is 16.5. The Kier molecular flexibility index (Phi) is 6.34. The predicted molar refractivity (Wildman–Crippen MR) is 110 cm³/mol. The first-order valence-corrected chi connectivity index (χ1v) is 9.87. The van der Waals surface area contributed by atoms with Gasteiger partial charge in [-0.15, -0.1) is 0 Å². The smallest absolute Gasteiger partial charge is 0.227 e. The SMILES string of the molecule is CC(C)Oc1ccc(C(C)NC(=O)Cc2ccc(N3CCCC3=O)cc2)cc1. The molecule has 0 spiro atoms. The number of carbonyl (C=O) groups excluding carboxylic acids is 2. The van der Waals surface area contributed by atoms with E-state index < -0.39 is 0 Å². The van der Waals surface area contributed by atoms with Crippen molar-refractivity contribution in [2.45, 2.75) is 52.2 Å². The Morgan fingerprint density at radius 1 is 1.07 bits per heavy atom. The molecule has 1 N–H and O–H groups in total. The van der Waals surface area contributed by atoms with Gasteiger partial charge >= 0.3 is 0 Å². The zero-order chi connectivity index (χ0) is 20.1. The fourth-order valence-electron chi connectivity index (χ4n) is 3.38. The molecule has 2 aromatic carbocycles. The standard InChI is InChI=1S/C23H28N2O3/c1-16(2)28-21-12-8-19(9-13-21)17(3)24-22(26)15-18-6-10-20(11-7-18)25-14-4-5-23(25)27/h6-13,16-17H,4-5,14-15H2,1-3H3,(H,24,26). The Morgan fingerprint density at radius 3 is 2.32 bits per heavy atom. The first kappa shape index (κ1) is 19.9. The molecule has 5 nitrogen and oxygen atoms in total. The molecule has 1 aliphatic rings. The number of rotatable bonds is 7. The summed E-state index contributed by atoms with van der Waals surface area (Å²) in [7, 11) is 0. The highest BCUT2D eigenvalue weighted by Crippen LogP contribution is 2.22. The van der Waals surface area contributed by atoms with E-state index in [1.165, 1.54) is 0 Å². The van der Waals surface area contributed by atoms with Crippen molar-refractivity contribution in [3.8, 4) is 5.75 Å². The Bertz CT molecular complexity index is 813. The summed E-state index contributed by atoms with van der Waals surface area (Å²) in [5, 5.41) is 3.04. The van der Waals surface area contributed by atoms with E-state index in [9.17, 15) is 9.59 Å². The summed E-state index contributed by atoms with van der Waals surface area (Å²) in [6, 6.07) is 15.4. The quantitative estimate of drug-likeness (QED) is 0.789. The highest BCUT2D eigenvalue weighted by Gasteiger charge is 2.21. The third-order valence-electron chi connectivity index (χ3n) is 4.82. The molecule has 2 amide bonds. The molecule has 0 radical (unpaired) electrons. The summed E-state index contributed by atoms with van der Waals surface area (Å²) in [5.74, 6) is 0.970.